The van der Waals surface area contributed by atoms with Crippen LogP contribution in [0.5, 0.6) is 0 Å². The summed E-state index contributed by atoms with van der Waals surface area (Å²) in [5, 5.41) is 0. The van der Waals surface area contributed by atoms with Gasteiger partial charge in [-0.1, -0.05) is 28.1 Å². The lowest BCUT2D eigenvalue weighted by Gasteiger charge is -2.06. The predicted molar refractivity (Wildman–Crippen MR) is 83.6 cm³/mol. The fourth-order valence-electron chi connectivity index (χ4n) is 1.96. The molecule has 0 fully saturated rings. The zero-order valence-electron chi connectivity index (χ0n) is 11.6. The minimum atomic E-state index is -0.559. The van der Waals surface area contributed by atoms with Gasteiger partial charge in [0.05, 0.1) is 0 Å². The second-order valence-corrected chi connectivity index (χ2v) is 5.66. The summed E-state index contributed by atoms with van der Waals surface area (Å²) in [6.45, 7) is 0.358. The Morgan fingerprint density at radius 3 is 2.43 bits per heavy atom. The van der Waals surface area contributed by atoms with E-state index in [0.29, 0.717) is 24.9 Å². The molecule has 0 bridgehead atoms. The lowest BCUT2D eigenvalue weighted by atomic mass is 10.1. The average molecular weight is 351 g/mol. The van der Waals surface area contributed by atoms with Crippen molar-refractivity contribution in [2.24, 2.45) is 7.05 Å². The van der Waals surface area contributed by atoms with Crippen LogP contribution in [0.15, 0.2) is 50.7 Å². The molecule has 0 unspecified atom stereocenters. The van der Waals surface area contributed by atoms with E-state index in [1.165, 1.54) is 16.2 Å². The van der Waals surface area contributed by atoms with Crippen LogP contribution in [0.25, 0.3) is 0 Å². The number of hydrogen-bond acceptors (Lipinski definition) is 3. The number of carbonyl (C=O) groups is 1. The lowest BCUT2D eigenvalue weighted by Crippen LogP contribution is -2.39. The van der Waals surface area contributed by atoms with Crippen LogP contribution in [0.2, 0.25) is 0 Å². The van der Waals surface area contributed by atoms with E-state index in [4.69, 9.17) is 0 Å². The van der Waals surface area contributed by atoms with Crippen LogP contribution >= 0.6 is 15.9 Å². The molecule has 110 valence electrons. The van der Waals surface area contributed by atoms with Gasteiger partial charge in [-0.2, -0.15) is 0 Å². The van der Waals surface area contributed by atoms with Crippen molar-refractivity contribution in [2.75, 3.05) is 0 Å². The monoisotopic (exact) mass is 350 g/mol. The van der Waals surface area contributed by atoms with E-state index >= 15 is 0 Å². The zero-order chi connectivity index (χ0) is 15.4. The molecule has 5 nitrogen and oxygen atoms in total. The maximum absolute atomic E-state index is 12.0. The SMILES string of the molecule is Cn1ccn(CCCC(=O)c2ccc(Br)cc2)c(=O)c1=O. The summed E-state index contributed by atoms with van der Waals surface area (Å²) in [5.74, 6) is 0.0272. The number of ketones is 1. The van der Waals surface area contributed by atoms with E-state index < -0.39 is 11.1 Å². The molecule has 21 heavy (non-hydrogen) atoms. The molecule has 0 atom stereocenters. The molecule has 0 aliphatic rings. The van der Waals surface area contributed by atoms with Gasteiger partial charge < -0.3 is 9.13 Å². The van der Waals surface area contributed by atoms with Crippen molar-refractivity contribution in [3.8, 4) is 0 Å². The van der Waals surface area contributed by atoms with Gasteiger partial charge in [0.25, 0.3) is 0 Å². The Morgan fingerprint density at radius 1 is 1.10 bits per heavy atom. The van der Waals surface area contributed by atoms with Crippen molar-refractivity contribution in [1.82, 2.24) is 9.13 Å². The Balaban J connectivity index is 1.97. The molecule has 1 heterocycles. The molecule has 0 saturated heterocycles. The molecule has 0 radical (unpaired) electrons. The minimum absolute atomic E-state index is 0.0272. The van der Waals surface area contributed by atoms with Gasteiger partial charge in [-0.25, -0.2) is 0 Å². The number of aromatic nitrogens is 2. The van der Waals surface area contributed by atoms with Crippen molar-refractivity contribution in [1.29, 1.82) is 0 Å². The highest BCUT2D eigenvalue weighted by Crippen LogP contribution is 2.12. The second-order valence-electron chi connectivity index (χ2n) is 4.75. The summed E-state index contributed by atoms with van der Waals surface area (Å²) in [7, 11) is 1.53. The van der Waals surface area contributed by atoms with Crippen LogP contribution in [0.4, 0.5) is 0 Å². The summed E-state index contributed by atoms with van der Waals surface area (Å²) < 4.78 is 3.51. The summed E-state index contributed by atoms with van der Waals surface area (Å²) >= 11 is 3.32. The zero-order valence-corrected chi connectivity index (χ0v) is 13.2. The molecule has 1 aromatic carbocycles. The number of rotatable bonds is 5. The molecule has 0 spiro atoms. The minimum Gasteiger partial charge on any atom is -0.312 e. The number of halogens is 1. The molecular weight excluding hydrogens is 336 g/mol. The molecule has 2 aromatic rings. The first-order valence-corrected chi connectivity index (χ1v) is 7.33. The fraction of sp³-hybridized carbons (Fsp3) is 0.267. The van der Waals surface area contributed by atoms with Crippen LogP contribution in [-0.2, 0) is 13.6 Å². The fourth-order valence-corrected chi connectivity index (χ4v) is 2.22. The lowest BCUT2D eigenvalue weighted by molar-refractivity contribution is 0.0978. The Hall–Kier alpha value is -1.95. The van der Waals surface area contributed by atoms with Crippen LogP contribution in [-0.4, -0.2) is 14.9 Å². The third kappa shape index (κ3) is 3.78. The maximum Gasteiger partial charge on any atom is 0.316 e. The number of benzene rings is 1. The number of carbonyl (C=O) groups excluding carboxylic acids is 1. The predicted octanol–water partition coefficient (Wildman–Crippen LogP) is 1.97. The van der Waals surface area contributed by atoms with E-state index in [1.54, 1.807) is 24.5 Å². The largest absolute Gasteiger partial charge is 0.316 e. The van der Waals surface area contributed by atoms with Gasteiger partial charge in [0.2, 0.25) is 0 Å². The van der Waals surface area contributed by atoms with Crippen molar-refractivity contribution >= 4 is 21.7 Å². The summed E-state index contributed by atoms with van der Waals surface area (Å²) in [4.78, 5) is 35.2. The van der Waals surface area contributed by atoms with Crippen molar-refractivity contribution in [3.63, 3.8) is 0 Å². The number of nitrogens with zero attached hydrogens (tertiary/aromatic N) is 2. The normalized spacial score (nSPS) is 10.6. The first-order chi connectivity index (χ1) is 9.99. The highest BCUT2D eigenvalue weighted by Gasteiger charge is 2.07. The standard InChI is InChI=1S/C15H15BrN2O3/c1-17-9-10-18(15(21)14(17)20)8-2-3-13(19)11-4-6-12(16)7-5-11/h4-7,9-10H,2-3,8H2,1H3. The van der Waals surface area contributed by atoms with Crippen LogP contribution in [0.3, 0.4) is 0 Å². The van der Waals surface area contributed by atoms with Gasteiger partial charge in [-0.15, -0.1) is 0 Å². The Morgan fingerprint density at radius 2 is 1.76 bits per heavy atom. The molecule has 6 heteroatoms. The van der Waals surface area contributed by atoms with E-state index in [2.05, 4.69) is 15.9 Å². The summed E-state index contributed by atoms with van der Waals surface area (Å²) in [6.07, 6.45) is 3.96. The van der Waals surface area contributed by atoms with Crippen LogP contribution < -0.4 is 11.1 Å². The smallest absolute Gasteiger partial charge is 0.312 e. The Kier molecular flexibility index (Phi) is 4.90. The Bertz CT molecular complexity index is 760. The van der Waals surface area contributed by atoms with E-state index in [0.717, 1.165) is 4.47 Å². The first-order valence-electron chi connectivity index (χ1n) is 6.54. The molecule has 0 amide bonds. The van der Waals surface area contributed by atoms with E-state index in [1.807, 2.05) is 12.1 Å². The van der Waals surface area contributed by atoms with Gasteiger partial charge in [0, 0.05) is 42.4 Å². The molecule has 0 aliphatic carbocycles. The van der Waals surface area contributed by atoms with Gasteiger partial charge >= 0.3 is 11.1 Å². The van der Waals surface area contributed by atoms with Crippen LogP contribution in [0, 0.1) is 0 Å². The molecular formula is C15H15BrN2O3. The maximum atomic E-state index is 12.0. The van der Waals surface area contributed by atoms with Gasteiger partial charge in [0.1, 0.15) is 0 Å². The number of hydrogen-bond donors (Lipinski definition) is 0. The Labute approximate surface area is 130 Å². The highest BCUT2D eigenvalue weighted by molar-refractivity contribution is 9.10. The van der Waals surface area contributed by atoms with Gasteiger partial charge in [0.15, 0.2) is 5.78 Å². The summed E-state index contributed by atoms with van der Waals surface area (Å²) in [6, 6.07) is 7.16. The number of Topliss-reactive ketones (excluding diaryl/α,β-unsaturated/α-hetero) is 1. The number of aryl methyl sites for hydroxylation is 2. The van der Waals surface area contributed by atoms with Crippen molar-refractivity contribution in [2.45, 2.75) is 19.4 Å². The molecule has 0 N–H and O–H groups in total. The van der Waals surface area contributed by atoms with Crippen LogP contribution in [0.1, 0.15) is 23.2 Å². The van der Waals surface area contributed by atoms with Crippen molar-refractivity contribution < 1.29 is 4.79 Å². The van der Waals surface area contributed by atoms with Crippen molar-refractivity contribution in [3.05, 3.63) is 67.4 Å². The molecule has 0 aliphatic heterocycles. The second kappa shape index (κ2) is 6.67. The highest BCUT2D eigenvalue weighted by atomic mass is 79.9. The quantitative estimate of drug-likeness (QED) is 0.611. The summed E-state index contributed by atoms with van der Waals surface area (Å²) in [5.41, 5.74) is -0.470. The van der Waals surface area contributed by atoms with E-state index in [9.17, 15) is 14.4 Å². The average Bonchev–Trinajstić information content (AvgIpc) is 2.48. The van der Waals surface area contributed by atoms with E-state index in [-0.39, 0.29) is 5.78 Å². The van der Waals surface area contributed by atoms with Gasteiger partial charge in [-0.05, 0) is 18.6 Å². The van der Waals surface area contributed by atoms with Gasteiger partial charge in [-0.3, -0.25) is 14.4 Å². The topological polar surface area (TPSA) is 61.1 Å². The molecule has 2 rings (SSSR count). The third-order valence-electron chi connectivity index (χ3n) is 3.20. The molecule has 1 aromatic heterocycles. The third-order valence-corrected chi connectivity index (χ3v) is 3.73. The molecule has 0 saturated carbocycles. The first kappa shape index (κ1) is 15.4.